The number of halogens is 1. The van der Waals surface area contributed by atoms with Gasteiger partial charge in [0.15, 0.2) is 0 Å². The lowest BCUT2D eigenvalue weighted by Gasteiger charge is -2.17. The summed E-state index contributed by atoms with van der Waals surface area (Å²) in [6, 6.07) is 9.37. The summed E-state index contributed by atoms with van der Waals surface area (Å²) in [5, 5.41) is 10.9. The highest BCUT2D eigenvalue weighted by Crippen LogP contribution is 2.43. The van der Waals surface area contributed by atoms with Gasteiger partial charge in [0.2, 0.25) is 0 Å². The molecule has 2 aromatic rings. The van der Waals surface area contributed by atoms with Gasteiger partial charge in [0.05, 0.1) is 19.3 Å². The number of methoxy groups -OCH3 is 1. The monoisotopic (exact) mass is 378 g/mol. The molecule has 0 saturated heterocycles. The predicted octanol–water partition coefficient (Wildman–Crippen LogP) is 4.20. The first-order chi connectivity index (χ1) is 12.0. The maximum atomic E-state index is 12.3. The normalized spacial score (nSPS) is 10.4. The van der Waals surface area contributed by atoms with Crippen molar-refractivity contribution in [2.24, 2.45) is 0 Å². The molecule has 132 valence electrons. The fraction of sp³-hybridized carbons (Fsp3) is 0.333. The van der Waals surface area contributed by atoms with Crippen molar-refractivity contribution in [3.63, 3.8) is 0 Å². The molecule has 7 heteroatoms. The van der Waals surface area contributed by atoms with Crippen molar-refractivity contribution in [2.75, 3.05) is 38.8 Å². The van der Waals surface area contributed by atoms with Crippen LogP contribution in [0.5, 0.6) is 0 Å². The molecule has 0 aliphatic heterocycles. The first-order valence-corrected chi connectivity index (χ1v) is 8.93. The van der Waals surface area contributed by atoms with E-state index in [1.807, 2.05) is 24.9 Å². The minimum Gasteiger partial charge on any atom is -0.465 e. The summed E-state index contributed by atoms with van der Waals surface area (Å²) in [4.78, 5) is 14.6. The SMILES string of the molecule is CCOCCN(C)c1sc(C(=O)OC)c(-c2ccccc2Cl)c1C#N. The van der Waals surface area contributed by atoms with Gasteiger partial charge in [-0.1, -0.05) is 29.8 Å². The van der Waals surface area contributed by atoms with Gasteiger partial charge in [0, 0.05) is 36.3 Å². The first kappa shape index (κ1) is 19.3. The second-order valence-corrected chi connectivity index (χ2v) is 6.59. The van der Waals surface area contributed by atoms with Gasteiger partial charge in [-0.2, -0.15) is 5.26 Å². The minimum absolute atomic E-state index is 0.366. The van der Waals surface area contributed by atoms with E-state index < -0.39 is 5.97 Å². The Kier molecular flexibility index (Phi) is 6.82. The van der Waals surface area contributed by atoms with E-state index in [0.717, 1.165) is 0 Å². The lowest BCUT2D eigenvalue weighted by atomic mass is 10.0. The maximum Gasteiger partial charge on any atom is 0.348 e. The molecule has 1 aromatic heterocycles. The number of carbonyl (C=O) groups excluding carboxylic acids is 1. The molecule has 2 rings (SSSR count). The molecule has 0 radical (unpaired) electrons. The third-order valence-electron chi connectivity index (χ3n) is 3.64. The molecule has 0 aliphatic carbocycles. The molecule has 0 bridgehead atoms. The summed E-state index contributed by atoms with van der Waals surface area (Å²) in [6.07, 6.45) is 0. The zero-order chi connectivity index (χ0) is 18.4. The molecule has 1 heterocycles. The fourth-order valence-corrected chi connectivity index (χ4v) is 3.80. The zero-order valence-electron chi connectivity index (χ0n) is 14.3. The number of ether oxygens (including phenoxy) is 2. The van der Waals surface area contributed by atoms with Crippen molar-refractivity contribution >= 4 is 33.9 Å². The van der Waals surface area contributed by atoms with E-state index >= 15 is 0 Å². The average molecular weight is 379 g/mol. The molecule has 0 unspecified atom stereocenters. The van der Waals surface area contributed by atoms with Crippen LogP contribution in [0.15, 0.2) is 24.3 Å². The smallest absolute Gasteiger partial charge is 0.348 e. The lowest BCUT2D eigenvalue weighted by Crippen LogP contribution is -2.22. The summed E-state index contributed by atoms with van der Waals surface area (Å²) in [6.45, 7) is 3.69. The number of likely N-dealkylation sites (N-methyl/N-ethyl adjacent to an activating group) is 1. The number of anilines is 1. The Morgan fingerprint density at radius 1 is 1.40 bits per heavy atom. The number of thiophene rings is 1. The van der Waals surface area contributed by atoms with Crippen LogP contribution in [0.2, 0.25) is 5.02 Å². The summed E-state index contributed by atoms with van der Waals surface area (Å²) in [7, 11) is 3.19. The summed E-state index contributed by atoms with van der Waals surface area (Å²) < 4.78 is 10.3. The second kappa shape index (κ2) is 8.86. The number of nitriles is 1. The number of carbonyl (C=O) groups is 1. The molecular formula is C18H19ClN2O3S. The Balaban J connectivity index is 2.59. The Morgan fingerprint density at radius 3 is 2.72 bits per heavy atom. The number of rotatable bonds is 7. The van der Waals surface area contributed by atoms with Gasteiger partial charge in [-0.15, -0.1) is 11.3 Å². The highest BCUT2D eigenvalue weighted by atomic mass is 35.5. The van der Waals surface area contributed by atoms with Gasteiger partial charge in [0.1, 0.15) is 15.9 Å². The van der Waals surface area contributed by atoms with E-state index in [1.165, 1.54) is 18.4 Å². The summed E-state index contributed by atoms with van der Waals surface area (Å²) in [5.74, 6) is -0.485. The van der Waals surface area contributed by atoms with Crippen molar-refractivity contribution < 1.29 is 14.3 Å². The average Bonchev–Trinajstić information content (AvgIpc) is 3.01. The topological polar surface area (TPSA) is 62.6 Å². The largest absolute Gasteiger partial charge is 0.465 e. The molecule has 0 atom stereocenters. The van der Waals surface area contributed by atoms with E-state index in [2.05, 4.69) is 6.07 Å². The Labute approximate surface area is 156 Å². The third kappa shape index (κ3) is 4.13. The Morgan fingerprint density at radius 2 is 2.12 bits per heavy atom. The van der Waals surface area contributed by atoms with E-state index in [4.69, 9.17) is 21.1 Å². The molecule has 0 amide bonds. The molecule has 0 saturated carbocycles. The molecule has 0 fully saturated rings. The lowest BCUT2D eigenvalue weighted by molar-refractivity contribution is 0.0607. The third-order valence-corrected chi connectivity index (χ3v) is 5.25. The number of hydrogen-bond acceptors (Lipinski definition) is 6. The van der Waals surface area contributed by atoms with Gasteiger partial charge in [-0.05, 0) is 13.0 Å². The predicted molar refractivity (Wildman–Crippen MR) is 101 cm³/mol. The molecule has 0 N–H and O–H groups in total. The minimum atomic E-state index is -0.485. The molecule has 1 aromatic carbocycles. The van der Waals surface area contributed by atoms with Crippen LogP contribution < -0.4 is 4.90 Å². The molecule has 5 nitrogen and oxygen atoms in total. The van der Waals surface area contributed by atoms with Crippen LogP contribution in [0.4, 0.5) is 5.00 Å². The number of hydrogen-bond donors (Lipinski definition) is 0. The summed E-state index contributed by atoms with van der Waals surface area (Å²) >= 11 is 7.54. The maximum absolute atomic E-state index is 12.3. The van der Waals surface area contributed by atoms with Gasteiger partial charge < -0.3 is 14.4 Å². The first-order valence-electron chi connectivity index (χ1n) is 7.74. The molecule has 0 aliphatic rings. The van der Waals surface area contributed by atoms with Gasteiger partial charge in [-0.3, -0.25) is 0 Å². The van der Waals surface area contributed by atoms with Crippen LogP contribution in [0, 0.1) is 11.3 Å². The van der Waals surface area contributed by atoms with Gasteiger partial charge >= 0.3 is 5.97 Å². The van der Waals surface area contributed by atoms with Crippen molar-refractivity contribution in [2.45, 2.75) is 6.92 Å². The van der Waals surface area contributed by atoms with Crippen LogP contribution in [-0.4, -0.2) is 39.9 Å². The van der Waals surface area contributed by atoms with E-state index in [1.54, 1.807) is 18.2 Å². The molecular weight excluding hydrogens is 360 g/mol. The van der Waals surface area contributed by atoms with Crippen molar-refractivity contribution in [1.82, 2.24) is 0 Å². The summed E-state index contributed by atoms with van der Waals surface area (Å²) in [5.41, 5.74) is 1.57. The second-order valence-electron chi connectivity index (χ2n) is 5.19. The standard InChI is InChI=1S/C18H19ClN2O3S/c1-4-24-10-9-21(2)17-13(11-20)15(16(25-17)18(22)23-3)12-7-5-6-8-14(12)19/h5-8H,4,9-10H2,1-3H3. The zero-order valence-corrected chi connectivity index (χ0v) is 15.9. The highest BCUT2D eigenvalue weighted by molar-refractivity contribution is 7.18. The number of esters is 1. The highest BCUT2D eigenvalue weighted by Gasteiger charge is 2.27. The fourth-order valence-electron chi connectivity index (χ4n) is 2.40. The van der Waals surface area contributed by atoms with Gasteiger partial charge in [0.25, 0.3) is 0 Å². The van der Waals surface area contributed by atoms with Crippen LogP contribution in [0.3, 0.4) is 0 Å². The van der Waals surface area contributed by atoms with E-state index in [-0.39, 0.29) is 0 Å². The van der Waals surface area contributed by atoms with Crippen molar-refractivity contribution in [3.8, 4) is 17.2 Å². The Hall–Kier alpha value is -2.07. The molecule has 0 spiro atoms. The van der Waals surface area contributed by atoms with Crippen LogP contribution in [-0.2, 0) is 9.47 Å². The quantitative estimate of drug-likeness (QED) is 0.533. The number of benzene rings is 1. The molecule has 25 heavy (non-hydrogen) atoms. The van der Waals surface area contributed by atoms with Gasteiger partial charge in [-0.25, -0.2) is 4.79 Å². The number of nitrogens with zero attached hydrogens (tertiary/aromatic N) is 2. The van der Waals surface area contributed by atoms with Crippen LogP contribution in [0.25, 0.3) is 11.1 Å². The Bertz CT molecular complexity index is 798. The van der Waals surface area contributed by atoms with Crippen LogP contribution in [0.1, 0.15) is 22.2 Å². The van der Waals surface area contributed by atoms with E-state index in [9.17, 15) is 10.1 Å². The van der Waals surface area contributed by atoms with Crippen molar-refractivity contribution in [1.29, 1.82) is 5.26 Å². The van der Waals surface area contributed by atoms with Crippen molar-refractivity contribution in [3.05, 3.63) is 39.7 Å². The van der Waals surface area contributed by atoms with Crippen LogP contribution >= 0.6 is 22.9 Å². The van der Waals surface area contributed by atoms with E-state index in [0.29, 0.717) is 51.3 Å².